The van der Waals surface area contributed by atoms with E-state index in [0.717, 1.165) is 24.3 Å². The fraction of sp³-hybridized carbons (Fsp3) is 0.273. The van der Waals surface area contributed by atoms with Crippen molar-refractivity contribution in [2.75, 3.05) is 13.1 Å². The zero-order chi connectivity index (χ0) is 16.2. The molecule has 10 heteroatoms. The average molecular weight is 306 g/mol. The second-order valence-electron chi connectivity index (χ2n) is 3.97. The van der Waals surface area contributed by atoms with Crippen LogP contribution in [0, 0.1) is 10.1 Å². The Morgan fingerprint density at radius 1 is 1.24 bits per heavy atom. The smallest absolute Gasteiger partial charge is 0.406 e. The zero-order valence-corrected chi connectivity index (χ0v) is 10.3. The number of nitro groups is 1. The summed E-state index contributed by atoms with van der Waals surface area (Å²) in [6, 6.07) is 3.82. The number of benzene rings is 1. The number of hydrogen-bond donors (Lipinski definition) is 1. The SMILES string of the molecule is O=C(O)CN(CC(F)(F)F)C(=O)c1ccc([N+](=O)[O-])cc1. The van der Waals surface area contributed by atoms with E-state index in [1.165, 1.54) is 0 Å². The highest BCUT2D eigenvalue weighted by Crippen LogP contribution is 2.19. The monoisotopic (exact) mass is 306 g/mol. The van der Waals surface area contributed by atoms with Crippen molar-refractivity contribution in [3.05, 3.63) is 39.9 Å². The number of rotatable bonds is 5. The first-order chi connectivity index (χ1) is 9.60. The molecule has 1 N–H and O–H groups in total. The normalized spacial score (nSPS) is 11.0. The van der Waals surface area contributed by atoms with Gasteiger partial charge in [-0.3, -0.25) is 19.7 Å². The molecule has 0 bridgehead atoms. The lowest BCUT2D eigenvalue weighted by molar-refractivity contribution is -0.384. The summed E-state index contributed by atoms with van der Waals surface area (Å²) in [6.45, 7) is -2.86. The quantitative estimate of drug-likeness (QED) is 0.659. The molecule has 0 aliphatic carbocycles. The minimum Gasteiger partial charge on any atom is -0.480 e. The number of alkyl halides is 3. The third kappa shape index (κ3) is 5.09. The number of amides is 1. The van der Waals surface area contributed by atoms with E-state index in [-0.39, 0.29) is 16.2 Å². The highest BCUT2D eigenvalue weighted by Gasteiger charge is 2.34. The summed E-state index contributed by atoms with van der Waals surface area (Å²) < 4.78 is 37.0. The number of hydrogen-bond acceptors (Lipinski definition) is 4. The topological polar surface area (TPSA) is 101 Å². The molecule has 0 aliphatic heterocycles. The summed E-state index contributed by atoms with van der Waals surface area (Å²) in [5.74, 6) is -2.78. The third-order valence-corrected chi connectivity index (χ3v) is 2.31. The molecule has 0 unspecified atom stereocenters. The lowest BCUT2D eigenvalue weighted by atomic mass is 10.2. The molecule has 1 aromatic carbocycles. The van der Waals surface area contributed by atoms with Gasteiger partial charge in [0.2, 0.25) is 0 Å². The number of nitrogens with zero attached hydrogens (tertiary/aromatic N) is 2. The van der Waals surface area contributed by atoms with Gasteiger partial charge >= 0.3 is 12.1 Å². The number of carbonyl (C=O) groups excluding carboxylic acids is 1. The summed E-state index contributed by atoms with van der Waals surface area (Å²) in [6.07, 6.45) is -4.76. The van der Waals surface area contributed by atoms with E-state index in [2.05, 4.69) is 0 Å². The first kappa shape index (κ1) is 16.4. The maximum atomic E-state index is 12.3. The maximum absolute atomic E-state index is 12.3. The number of non-ortho nitro benzene ring substituents is 1. The molecule has 0 heterocycles. The minimum atomic E-state index is -4.76. The van der Waals surface area contributed by atoms with Gasteiger partial charge in [-0.15, -0.1) is 0 Å². The lowest BCUT2D eigenvalue weighted by Gasteiger charge is -2.22. The molecule has 0 saturated carbocycles. The summed E-state index contributed by atoms with van der Waals surface area (Å²) in [7, 11) is 0. The number of aliphatic carboxylic acids is 1. The van der Waals surface area contributed by atoms with Crippen molar-refractivity contribution < 1.29 is 32.8 Å². The summed E-state index contributed by atoms with van der Waals surface area (Å²) >= 11 is 0. The van der Waals surface area contributed by atoms with Crippen molar-refractivity contribution >= 4 is 17.6 Å². The number of nitro benzene ring substituents is 1. The molecule has 114 valence electrons. The van der Waals surface area contributed by atoms with E-state index in [0.29, 0.717) is 0 Å². The molecule has 7 nitrogen and oxygen atoms in total. The molecule has 0 spiro atoms. The van der Waals surface area contributed by atoms with Crippen LogP contribution in [0.25, 0.3) is 0 Å². The number of carboxylic acids is 1. The number of carbonyl (C=O) groups is 2. The second-order valence-corrected chi connectivity index (χ2v) is 3.97. The van der Waals surface area contributed by atoms with Crippen LogP contribution in [0.1, 0.15) is 10.4 Å². The van der Waals surface area contributed by atoms with E-state index in [4.69, 9.17) is 5.11 Å². The first-order valence-corrected chi connectivity index (χ1v) is 5.42. The molecule has 1 rings (SSSR count). The van der Waals surface area contributed by atoms with Crippen LogP contribution in [0.15, 0.2) is 24.3 Å². The molecule has 1 amide bonds. The van der Waals surface area contributed by atoms with Gasteiger partial charge in [-0.2, -0.15) is 13.2 Å². The van der Waals surface area contributed by atoms with Crippen LogP contribution in [-0.4, -0.2) is 46.1 Å². The van der Waals surface area contributed by atoms with Gasteiger partial charge in [0.1, 0.15) is 13.1 Å². The second kappa shape index (κ2) is 6.20. The summed E-state index contributed by atoms with van der Waals surface area (Å²) in [4.78, 5) is 32.2. The van der Waals surface area contributed by atoms with Crippen molar-refractivity contribution in [3.63, 3.8) is 0 Å². The predicted molar refractivity (Wildman–Crippen MR) is 62.7 cm³/mol. The fourth-order valence-electron chi connectivity index (χ4n) is 1.49. The van der Waals surface area contributed by atoms with E-state index in [1.807, 2.05) is 0 Å². The van der Waals surface area contributed by atoms with Crippen molar-refractivity contribution in [1.29, 1.82) is 0 Å². The molecule has 1 aromatic rings. The van der Waals surface area contributed by atoms with E-state index in [9.17, 15) is 32.9 Å². The van der Waals surface area contributed by atoms with E-state index < -0.39 is 36.1 Å². The van der Waals surface area contributed by atoms with Crippen molar-refractivity contribution in [1.82, 2.24) is 4.90 Å². The van der Waals surface area contributed by atoms with Crippen LogP contribution in [-0.2, 0) is 4.79 Å². The molecule has 0 aromatic heterocycles. The Labute approximate surface area is 115 Å². The molecule has 0 fully saturated rings. The van der Waals surface area contributed by atoms with Gasteiger partial charge in [0.05, 0.1) is 4.92 Å². The van der Waals surface area contributed by atoms with Crippen molar-refractivity contribution in [2.45, 2.75) is 6.18 Å². The third-order valence-electron chi connectivity index (χ3n) is 2.31. The Hall–Kier alpha value is -2.65. The van der Waals surface area contributed by atoms with Crippen LogP contribution in [0.3, 0.4) is 0 Å². The zero-order valence-electron chi connectivity index (χ0n) is 10.3. The number of carboxylic acid groups (broad SMARTS) is 1. The predicted octanol–water partition coefficient (Wildman–Crippen LogP) is 1.68. The molecule has 0 radical (unpaired) electrons. The summed E-state index contributed by atoms with van der Waals surface area (Å²) in [5, 5.41) is 19.0. The van der Waals surface area contributed by atoms with Crippen molar-refractivity contribution in [3.8, 4) is 0 Å². The van der Waals surface area contributed by atoms with Crippen LogP contribution >= 0.6 is 0 Å². The minimum absolute atomic E-state index is 0.101. The molecular weight excluding hydrogens is 297 g/mol. The Balaban J connectivity index is 2.98. The van der Waals surface area contributed by atoms with Gasteiger partial charge in [0.25, 0.3) is 11.6 Å². The van der Waals surface area contributed by atoms with Crippen LogP contribution in [0.4, 0.5) is 18.9 Å². The van der Waals surface area contributed by atoms with Gasteiger partial charge in [-0.05, 0) is 12.1 Å². The molecule has 0 atom stereocenters. The van der Waals surface area contributed by atoms with Crippen LogP contribution < -0.4 is 0 Å². The van der Waals surface area contributed by atoms with E-state index in [1.54, 1.807) is 0 Å². The molecular formula is C11H9F3N2O5. The maximum Gasteiger partial charge on any atom is 0.406 e. The Bertz CT molecular complexity index is 556. The van der Waals surface area contributed by atoms with Crippen LogP contribution in [0.5, 0.6) is 0 Å². The largest absolute Gasteiger partial charge is 0.480 e. The highest BCUT2D eigenvalue weighted by atomic mass is 19.4. The van der Waals surface area contributed by atoms with E-state index >= 15 is 0 Å². The molecule has 0 aliphatic rings. The van der Waals surface area contributed by atoms with Gasteiger partial charge in [0.15, 0.2) is 0 Å². The standard InChI is InChI=1S/C11H9F3N2O5/c12-11(13,14)6-15(5-9(17)18)10(19)7-1-3-8(4-2-7)16(20)21/h1-4H,5-6H2,(H,17,18). The van der Waals surface area contributed by atoms with Crippen LogP contribution in [0.2, 0.25) is 0 Å². The van der Waals surface area contributed by atoms with Crippen molar-refractivity contribution in [2.24, 2.45) is 0 Å². The lowest BCUT2D eigenvalue weighted by Crippen LogP contribution is -2.42. The van der Waals surface area contributed by atoms with Gasteiger partial charge < -0.3 is 10.0 Å². The fourth-order valence-corrected chi connectivity index (χ4v) is 1.49. The van der Waals surface area contributed by atoms with Gasteiger partial charge in [0, 0.05) is 17.7 Å². The Kier molecular flexibility index (Phi) is 4.84. The number of halogens is 3. The first-order valence-electron chi connectivity index (χ1n) is 5.42. The Morgan fingerprint density at radius 3 is 2.14 bits per heavy atom. The average Bonchev–Trinajstić information content (AvgIpc) is 2.35. The molecule has 0 saturated heterocycles. The Morgan fingerprint density at radius 2 is 1.76 bits per heavy atom. The summed E-state index contributed by atoms with van der Waals surface area (Å²) in [5.41, 5.74) is -0.613. The highest BCUT2D eigenvalue weighted by molar-refractivity contribution is 5.96. The van der Waals surface area contributed by atoms with Gasteiger partial charge in [-0.1, -0.05) is 0 Å². The van der Waals surface area contributed by atoms with Gasteiger partial charge in [-0.25, -0.2) is 0 Å². The molecule has 21 heavy (non-hydrogen) atoms.